The maximum absolute atomic E-state index is 13.3. The Bertz CT molecular complexity index is 394. The van der Waals surface area contributed by atoms with Crippen LogP contribution in [0.4, 0.5) is 8.78 Å². The summed E-state index contributed by atoms with van der Waals surface area (Å²) < 4.78 is 26.6. The molecule has 0 spiro atoms. The van der Waals surface area contributed by atoms with Crippen molar-refractivity contribution in [2.45, 2.75) is 30.6 Å². The monoisotopic (exact) mass is 227 g/mol. The van der Waals surface area contributed by atoms with Crippen molar-refractivity contribution in [3.8, 4) is 5.75 Å². The summed E-state index contributed by atoms with van der Waals surface area (Å²) in [5.74, 6) is -2.60. The van der Waals surface area contributed by atoms with Crippen molar-refractivity contribution in [3.63, 3.8) is 0 Å². The number of phenols is 1. The Morgan fingerprint density at radius 3 is 2.44 bits per heavy atom. The molecule has 0 heterocycles. The van der Waals surface area contributed by atoms with E-state index in [0.29, 0.717) is 12.0 Å². The lowest BCUT2D eigenvalue weighted by atomic mass is 9.78. The van der Waals surface area contributed by atoms with Gasteiger partial charge in [0.25, 0.3) is 0 Å². The van der Waals surface area contributed by atoms with Gasteiger partial charge in [0.15, 0.2) is 0 Å². The first kappa shape index (κ1) is 11.3. The van der Waals surface area contributed by atoms with Crippen molar-refractivity contribution in [1.82, 2.24) is 0 Å². The SMILES string of the molecule is NCC1(c2ccccc2O)CCC(F)(F)C1. The van der Waals surface area contributed by atoms with Gasteiger partial charge in [0.1, 0.15) is 5.75 Å². The average molecular weight is 227 g/mol. The molecule has 4 heteroatoms. The number of hydrogen-bond acceptors (Lipinski definition) is 2. The molecule has 1 aliphatic rings. The first-order valence-corrected chi connectivity index (χ1v) is 5.35. The number of benzene rings is 1. The van der Waals surface area contributed by atoms with Crippen LogP contribution in [0, 0.1) is 0 Å². The number of halogens is 2. The van der Waals surface area contributed by atoms with Gasteiger partial charge in [-0.1, -0.05) is 18.2 Å². The third kappa shape index (κ3) is 1.78. The summed E-state index contributed by atoms with van der Waals surface area (Å²) in [5.41, 5.74) is 5.43. The minimum absolute atomic E-state index is 0.0608. The highest BCUT2D eigenvalue weighted by atomic mass is 19.3. The predicted octanol–water partition coefficient (Wildman–Crippen LogP) is 2.41. The van der Waals surface area contributed by atoms with E-state index in [1.165, 1.54) is 6.07 Å². The summed E-state index contributed by atoms with van der Waals surface area (Å²) in [6.07, 6.45) is -0.0965. The molecule has 1 atom stereocenters. The third-order valence-electron chi connectivity index (χ3n) is 3.43. The molecule has 88 valence electrons. The summed E-state index contributed by atoms with van der Waals surface area (Å²) in [5, 5.41) is 9.74. The number of nitrogens with two attached hydrogens (primary N) is 1. The molecule has 3 N–H and O–H groups in total. The number of phenolic OH excluding ortho intramolecular Hbond substituents is 1. The van der Waals surface area contributed by atoms with Crippen LogP contribution in [0.1, 0.15) is 24.8 Å². The average Bonchev–Trinajstić information content (AvgIpc) is 2.56. The van der Waals surface area contributed by atoms with Gasteiger partial charge in [-0.3, -0.25) is 0 Å². The van der Waals surface area contributed by atoms with E-state index in [4.69, 9.17) is 5.73 Å². The van der Waals surface area contributed by atoms with Gasteiger partial charge in [-0.25, -0.2) is 8.78 Å². The summed E-state index contributed by atoms with van der Waals surface area (Å²) >= 11 is 0. The predicted molar refractivity (Wildman–Crippen MR) is 57.6 cm³/mol. The summed E-state index contributed by atoms with van der Waals surface area (Å²) in [4.78, 5) is 0. The topological polar surface area (TPSA) is 46.2 Å². The van der Waals surface area contributed by atoms with Gasteiger partial charge < -0.3 is 10.8 Å². The molecule has 0 radical (unpaired) electrons. The van der Waals surface area contributed by atoms with E-state index in [2.05, 4.69) is 0 Å². The fourth-order valence-electron chi connectivity index (χ4n) is 2.53. The minimum Gasteiger partial charge on any atom is -0.508 e. The van der Waals surface area contributed by atoms with E-state index in [1.54, 1.807) is 18.2 Å². The molecule has 0 bridgehead atoms. The lowest BCUT2D eigenvalue weighted by Crippen LogP contribution is -2.34. The molecule has 1 fully saturated rings. The number of alkyl halides is 2. The van der Waals surface area contributed by atoms with E-state index in [9.17, 15) is 13.9 Å². The molecule has 2 rings (SSSR count). The molecule has 0 amide bonds. The number of para-hydroxylation sites is 1. The molecule has 1 aliphatic carbocycles. The van der Waals surface area contributed by atoms with Crippen molar-refractivity contribution in [2.75, 3.05) is 6.54 Å². The van der Waals surface area contributed by atoms with Gasteiger partial charge in [0.05, 0.1) is 0 Å². The second-order valence-corrected chi connectivity index (χ2v) is 4.53. The molecular weight excluding hydrogens is 212 g/mol. The Morgan fingerprint density at radius 1 is 1.25 bits per heavy atom. The number of hydrogen-bond donors (Lipinski definition) is 2. The molecule has 1 saturated carbocycles. The van der Waals surface area contributed by atoms with Crippen LogP contribution in [0.25, 0.3) is 0 Å². The Hall–Kier alpha value is -1.16. The van der Waals surface area contributed by atoms with Gasteiger partial charge >= 0.3 is 0 Å². The zero-order valence-corrected chi connectivity index (χ0v) is 8.92. The van der Waals surface area contributed by atoms with E-state index < -0.39 is 11.3 Å². The molecular formula is C12H15F2NO. The number of rotatable bonds is 2. The van der Waals surface area contributed by atoms with Crippen LogP contribution < -0.4 is 5.73 Å². The first-order chi connectivity index (χ1) is 7.49. The van der Waals surface area contributed by atoms with Crippen LogP contribution in [-0.4, -0.2) is 17.6 Å². The van der Waals surface area contributed by atoms with E-state index in [-0.39, 0.29) is 25.1 Å². The van der Waals surface area contributed by atoms with Gasteiger partial charge in [-0.2, -0.15) is 0 Å². The Labute approximate surface area is 93.1 Å². The lowest BCUT2D eigenvalue weighted by molar-refractivity contribution is 0.00294. The second kappa shape index (κ2) is 3.70. The summed E-state index contributed by atoms with van der Waals surface area (Å²) in [6, 6.07) is 6.62. The van der Waals surface area contributed by atoms with E-state index >= 15 is 0 Å². The smallest absolute Gasteiger partial charge is 0.249 e. The van der Waals surface area contributed by atoms with Gasteiger partial charge in [-0.05, 0) is 12.5 Å². The second-order valence-electron chi connectivity index (χ2n) is 4.53. The third-order valence-corrected chi connectivity index (χ3v) is 3.43. The van der Waals surface area contributed by atoms with Crippen LogP contribution in [0.3, 0.4) is 0 Å². The van der Waals surface area contributed by atoms with Crippen LogP contribution in [0.2, 0.25) is 0 Å². The van der Waals surface area contributed by atoms with Crippen molar-refractivity contribution in [2.24, 2.45) is 5.73 Å². The highest BCUT2D eigenvalue weighted by Gasteiger charge is 2.50. The maximum atomic E-state index is 13.3. The zero-order valence-electron chi connectivity index (χ0n) is 8.92. The van der Waals surface area contributed by atoms with Crippen molar-refractivity contribution >= 4 is 0 Å². The molecule has 2 nitrogen and oxygen atoms in total. The van der Waals surface area contributed by atoms with Crippen molar-refractivity contribution in [3.05, 3.63) is 29.8 Å². The molecule has 0 aliphatic heterocycles. The molecule has 0 saturated heterocycles. The highest BCUT2D eigenvalue weighted by molar-refractivity contribution is 5.40. The van der Waals surface area contributed by atoms with Crippen LogP contribution in [0.15, 0.2) is 24.3 Å². The normalized spacial score (nSPS) is 28.2. The summed E-state index contributed by atoms with van der Waals surface area (Å²) in [7, 11) is 0. The van der Waals surface area contributed by atoms with Crippen molar-refractivity contribution in [1.29, 1.82) is 0 Å². The number of aromatic hydroxyl groups is 1. The standard InChI is InChI=1S/C12H15F2NO/c13-12(14)6-5-11(7-12,8-15)9-3-1-2-4-10(9)16/h1-4,16H,5-8,15H2. The van der Waals surface area contributed by atoms with Gasteiger partial charge in [0, 0.05) is 30.4 Å². The highest BCUT2D eigenvalue weighted by Crippen LogP contribution is 2.50. The zero-order chi connectivity index (χ0) is 11.8. The first-order valence-electron chi connectivity index (χ1n) is 5.35. The molecule has 1 unspecified atom stereocenters. The van der Waals surface area contributed by atoms with Crippen LogP contribution in [0.5, 0.6) is 5.75 Å². The minimum atomic E-state index is -2.67. The Balaban J connectivity index is 2.41. The molecule has 0 aromatic heterocycles. The van der Waals surface area contributed by atoms with E-state index in [1.807, 2.05) is 0 Å². The maximum Gasteiger partial charge on any atom is 0.249 e. The quantitative estimate of drug-likeness (QED) is 0.815. The van der Waals surface area contributed by atoms with Gasteiger partial charge in [-0.15, -0.1) is 0 Å². The largest absolute Gasteiger partial charge is 0.508 e. The van der Waals surface area contributed by atoms with Crippen LogP contribution in [-0.2, 0) is 5.41 Å². The van der Waals surface area contributed by atoms with Crippen LogP contribution >= 0.6 is 0 Å². The van der Waals surface area contributed by atoms with Crippen molar-refractivity contribution < 1.29 is 13.9 Å². The Morgan fingerprint density at radius 2 is 1.94 bits per heavy atom. The Kier molecular flexibility index (Phi) is 2.62. The summed E-state index contributed by atoms with van der Waals surface area (Å²) in [6.45, 7) is 0.139. The van der Waals surface area contributed by atoms with E-state index in [0.717, 1.165) is 0 Å². The molecule has 16 heavy (non-hydrogen) atoms. The van der Waals surface area contributed by atoms with Gasteiger partial charge in [0.2, 0.25) is 5.92 Å². The fourth-order valence-corrected chi connectivity index (χ4v) is 2.53. The molecule has 1 aromatic rings. The molecule has 1 aromatic carbocycles. The lowest BCUT2D eigenvalue weighted by Gasteiger charge is -2.28. The fraction of sp³-hybridized carbons (Fsp3) is 0.500.